The number of aliphatic hydroxyl groups excluding tert-OH is 1. The standard InChI is InChI=1S/C17H26FN3O.HI/c1-3-19-17(21-11-14-5-4-6-16(14)22)20-10-13-8-7-12(2)15(18)9-13;/h7-9,14,16,22H,3-6,10-11H2,1-2H3,(H2,19,20,21);1H. The van der Waals surface area contributed by atoms with Crippen molar-refractivity contribution >= 4 is 29.9 Å². The predicted octanol–water partition coefficient (Wildman–Crippen LogP) is 2.97. The van der Waals surface area contributed by atoms with Crippen molar-refractivity contribution in [3.63, 3.8) is 0 Å². The molecule has 2 unspecified atom stereocenters. The zero-order valence-electron chi connectivity index (χ0n) is 13.8. The normalized spacial score (nSPS) is 21.0. The first-order valence-electron chi connectivity index (χ1n) is 8.05. The van der Waals surface area contributed by atoms with Gasteiger partial charge in [-0.15, -0.1) is 24.0 Å². The van der Waals surface area contributed by atoms with Crippen LogP contribution in [0.15, 0.2) is 23.2 Å². The Labute approximate surface area is 155 Å². The number of guanidine groups is 1. The van der Waals surface area contributed by atoms with E-state index in [-0.39, 0.29) is 35.9 Å². The number of aliphatic imine (C=N–C) groups is 1. The lowest BCUT2D eigenvalue weighted by atomic mass is 10.1. The Balaban J connectivity index is 0.00000264. The summed E-state index contributed by atoms with van der Waals surface area (Å²) in [7, 11) is 0. The van der Waals surface area contributed by atoms with E-state index in [1.807, 2.05) is 13.0 Å². The molecule has 1 fully saturated rings. The van der Waals surface area contributed by atoms with Crippen LogP contribution in [0.1, 0.15) is 37.3 Å². The van der Waals surface area contributed by atoms with Gasteiger partial charge >= 0.3 is 0 Å². The number of hydrogen-bond donors (Lipinski definition) is 3. The maximum atomic E-state index is 13.5. The average molecular weight is 435 g/mol. The van der Waals surface area contributed by atoms with Crippen LogP contribution in [0.5, 0.6) is 0 Å². The van der Waals surface area contributed by atoms with E-state index in [1.54, 1.807) is 13.0 Å². The number of rotatable bonds is 5. The van der Waals surface area contributed by atoms with Crippen molar-refractivity contribution in [3.05, 3.63) is 35.1 Å². The van der Waals surface area contributed by atoms with Crippen LogP contribution in [0, 0.1) is 18.7 Å². The number of benzene rings is 1. The van der Waals surface area contributed by atoms with Crippen LogP contribution in [0.4, 0.5) is 4.39 Å². The second kappa shape index (κ2) is 10.1. The van der Waals surface area contributed by atoms with E-state index in [2.05, 4.69) is 15.6 Å². The molecule has 0 saturated heterocycles. The zero-order chi connectivity index (χ0) is 15.9. The van der Waals surface area contributed by atoms with Crippen LogP contribution in [-0.2, 0) is 6.54 Å². The molecule has 0 heterocycles. The molecule has 1 aliphatic carbocycles. The molecule has 0 amide bonds. The van der Waals surface area contributed by atoms with Crippen LogP contribution < -0.4 is 10.6 Å². The third-order valence-corrected chi connectivity index (χ3v) is 4.15. The second-order valence-corrected chi connectivity index (χ2v) is 5.92. The summed E-state index contributed by atoms with van der Waals surface area (Å²) in [5, 5.41) is 16.3. The van der Waals surface area contributed by atoms with Gasteiger partial charge in [0.25, 0.3) is 0 Å². The lowest BCUT2D eigenvalue weighted by molar-refractivity contribution is 0.134. The van der Waals surface area contributed by atoms with E-state index < -0.39 is 0 Å². The molecule has 4 nitrogen and oxygen atoms in total. The monoisotopic (exact) mass is 435 g/mol. The van der Waals surface area contributed by atoms with E-state index in [0.717, 1.165) is 37.9 Å². The number of nitrogens with one attached hydrogen (secondary N) is 2. The average Bonchev–Trinajstić information content (AvgIpc) is 2.91. The molecule has 0 spiro atoms. The van der Waals surface area contributed by atoms with Gasteiger partial charge in [0.15, 0.2) is 5.96 Å². The number of aliphatic hydroxyl groups is 1. The molecule has 1 aliphatic rings. The smallest absolute Gasteiger partial charge is 0.191 e. The van der Waals surface area contributed by atoms with Crippen LogP contribution in [0.2, 0.25) is 0 Å². The van der Waals surface area contributed by atoms with Gasteiger partial charge in [0.1, 0.15) is 5.82 Å². The van der Waals surface area contributed by atoms with Gasteiger partial charge in [0, 0.05) is 19.0 Å². The molecule has 1 aromatic rings. The number of aryl methyl sites for hydroxylation is 1. The van der Waals surface area contributed by atoms with Crippen molar-refractivity contribution in [1.29, 1.82) is 0 Å². The van der Waals surface area contributed by atoms with E-state index in [4.69, 9.17) is 0 Å². The summed E-state index contributed by atoms with van der Waals surface area (Å²) in [6.07, 6.45) is 2.82. The summed E-state index contributed by atoms with van der Waals surface area (Å²) in [5.41, 5.74) is 1.49. The summed E-state index contributed by atoms with van der Waals surface area (Å²) < 4.78 is 13.5. The zero-order valence-corrected chi connectivity index (χ0v) is 16.1. The highest BCUT2D eigenvalue weighted by Gasteiger charge is 2.24. The molecular weight excluding hydrogens is 408 g/mol. The second-order valence-electron chi connectivity index (χ2n) is 5.92. The molecular formula is C17H27FIN3O. The van der Waals surface area contributed by atoms with Gasteiger partial charge in [-0.3, -0.25) is 0 Å². The van der Waals surface area contributed by atoms with Gasteiger partial charge in [-0.2, -0.15) is 0 Å². The van der Waals surface area contributed by atoms with Gasteiger partial charge in [0.05, 0.1) is 12.6 Å². The molecule has 1 saturated carbocycles. The topological polar surface area (TPSA) is 56.7 Å². The molecule has 2 rings (SSSR count). The van der Waals surface area contributed by atoms with Gasteiger partial charge < -0.3 is 15.7 Å². The molecule has 3 N–H and O–H groups in total. The number of hydrogen-bond acceptors (Lipinski definition) is 2. The van der Waals surface area contributed by atoms with E-state index >= 15 is 0 Å². The first-order valence-corrected chi connectivity index (χ1v) is 8.05. The van der Waals surface area contributed by atoms with Crippen molar-refractivity contribution in [2.24, 2.45) is 10.9 Å². The Morgan fingerprint density at radius 2 is 2.13 bits per heavy atom. The highest BCUT2D eigenvalue weighted by atomic mass is 127. The van der Waals surface area contributed by atoms with Gasteiger partial charge in [-0.25, -0.2) is 9.38 Å². The summed E-state index contributed by atoms with van der Waals surface area (Å²) >= 11 is 0. The Hall–Kier alpha value is -0.890. The minimum atomic E-state index is -0.207. The minimum Gasteiger partial charge on any atom is -0.393 e. The number of nitrogens with zero attached hydrogens (tertiary/aromatic N) is 1. The summed E-state index contributed by atoms with van der Waals surface area (Å²) in [4.78, 5) is 4.49. The minimum absolute atomic E-state index is 0. The quantitative estimate of drug-likeness (QED) is 0.379. The lowest BCUT2D eigenvalue weighted by Crippen LogP contribution is -2.41. The SMILES string of the molecule is CCNC(=NCc1ccc(C)c(F)c1)NCC1CCCC1O.I. The van der Waals surface area contributed by atoms with Crippen LogP contribution in [-0.4, -0.2) is 30.3 Å². The maximum absolute atomic E-state index is 13.5. The molecule has 2 atom stereocenters. The largest absolute Gasteiger partial charge is 0.393 e. The van der Waals surface area contributed by atoms with E-state index in [9.17, 15) is 9.50 Å². The van der Waals surface area contributed by atoms with E-state index in [1.165, 1.54) is 6.07 Å². The molecule has 0 bridgehead atoms. The van der Waals surface area contributed by atoms with Crippen molar-refractivity contribution < 1.29 is 9.50 Å². The fourth-order valence-corrected chi connectivity index (χ4v) is 2.73. The van der Waals surface area contributed by atoms with Crippen molar-refractivity contribution in [2.45, 2.75) is 45.8 Å². The highest BCUT2D eigenvalue weighted by molar-refractivity contribution is 14.0. The molecule has 0 aromatic heterocycles. The maximum Gasteiger partial charge on any atom is 0.191 e. The molecule has 0 aliphatic heterocycles. The Bertz CT molecular complexity index is 525. The molecule has 0 radical (unpaired) electrons. The first-order chi connectivity index (χ1) is 10.6. The summed E-state index contributed by atoms with van der Waals surface area (Å²) in [6, 6.07) is 5.20. The summed E-state index contributed by atoms with van der Waals surface area (Å²) in [6.45, 7) is 5.67. The fraction of sp³-hybridized carbons (Fsp3) is 0.588. The van der Waals surface area contributed by atoms with Crippen molar-refractivity contribution in [2.75, 3.05) is 13.1 Å². The highest BCUT2D eigenvalue weighted by Crippen LogP contribution is 2.24. The van der Waals surface area contributed by atoms with Gasteiger partial charge in [0.2, 0.25) is 0 Å². The summed E-state index contributed by atoms with van der Waals surface area (Å²) in [5.74, 6) is 0.808. The lowest BCUT2D eigenvalue weighted by Gasteiger charge is -2.17. The van der Waals surface area contributed by atoms with Gasteiger partial charge in [-0.05, 0) is 43.9 Å². The third-order valence-electron chi connectivity index (χ3n) is 4.15. The predicted molar refractivity (Wildman–Crippen MR) is 103 cm³/mol. The van der Waals surface area contributed by atoms with Crippen LogP contribution >= 0.6 is 24.0 Å². The Morgan fingerprint density at radius 3 is 2.74 bits per heavy atom. The molecule has 23 heavy (non-hydrogen) atoms. The Morgan fingerprint density at radius 1 is 1.35 bits per heavy atom. The van der Waals surface area contributed by atoms with Crippen LogP contribution in [0.3, 0.4) is 0 Å². The van der Waals surface area contributed by atoms with Gasteiger partial charge in [-0.1, -0.05) is 18.6 Å². The molecule has 1 aromatic carbocycles. The fourth-order valence-electron chi connectivity index (χ4n) is 2.73. The molecule has 130 valence electrons. The van der Waals surface area contributed by atoms with Crippen molar-refractivity contribution in [3.8, 4) is 0 Å². The third kappa shape index (κ3) is 6.25. The first kappa shape index (κ1) is 20.2. The Kier molecular flexibility index (Phi) is 8.83. The molecule has 6 heteroatoms. The van der Waals surface area contributed by atoms with E-state index in [0.29, 0.717) is 24.0 Å². The van der Waals surface area contributed by atoms with Crippen LogP contribution in [0.25, 0.3) is 0 Å². The van der Waals surface area contributed by atoms with Crippen molar-refractivity contribution in [1.82, 2.24) is 10.6 Å². The number of halogens is 2.